The second kappa shape index (κ2) is 6.40. The van der Waals surface area contributed by atoms with E-state index in [9.17, 15) is 4.39 Å². The zero-order valence-electron chi connectivity index (χ0n) is 11.9. The normalized spacial score (nSPS) is 10.9. The Morgan fingerprint density at radius 2 is 1.90 bits per heavy atom. The second-order valence-corrected chi connectivity index (χ2v) is 6.18. The molecule has 2 aromatic rings. The molecule has 0 atom stereocenters. The second-order valence-electron chi connectivity index (χ2n) is 5.26. The lowest BCUT2D eigenvalue weighted by atomic mass is 10.0. The van der Waals surface area contributed by atoms with Crippen molar-refractivity contribution in [2.45, 2.75) is 33.3 Å². The maximum atomic E-state index is 13.3. The standard InChI is InChI=1S/C17H18BrFO/c1-11(2)16-5-4-12(3)6-17(16)20-10-13-7-14(18)9-15(19)8-13/h4-9,11H,10H2,1-3H3. The maximum absolute atomic E-state index is 13.3. The van der Waals surface area contributed by atoms with Crippen LogP contribution in [-0.4, -0.2) is 0 Å². The van der Waals surface area contributed by atoms with Gasteiger partial charge in [0.15, 0.2) is 0 Å². The number of ether oxygens (including phenoxy) is 1. The molecule has 0 fully saturated rings. The molecule has 2 aromatic carbocycles. The summed E-state index contributed by atoms with van der Waals surface area (Å²) < 4.78 is 20.0. The minimum absolute atomic E-state index is 0.258. The van der Waals surface area contributed by atoms with Crippen LogP contribution in [0.3, 0.4) is 0 Å². The van der Waals surface area contributed by atoms with Crippen molar-refractivity contribution in [1.82, 2.24) is 0 Å². The summed E-state index contributed by atoms with van der Waals surface area (Å²) in [5.41, 5.74) is 3.14. The maximum Gasteiger partial charge on any atom is 0.124 e. The SMILES string of the molecule is Cc1ccc(C(C)C)c(OCc2cc(F)cc(Br)c2)c1. The van der Waals surface area contributed by atoms with Crippen LogP contribution < -0.4 is 4.74 Å². The Kier molecular flexibility index (Phi) is 4.81. The first-order valence-electron chi connectivity index (χ1n) is 6.64. The van der Waals surface area contributed by atoms with Crippen LogP contribution >= 0.6 is 15.9 Å². The molecule has 0 aliphatic rings. The molecule has 2 rings (SSSR count). The summed E-state index contributed by atoms with van der Waals surface area (Å²) in [7, 11) is 0. The summed E-state index contributed by atoms with van der Waals surface area (Å²) in [5.74, 6) is 1.01. The fourth-order valence-electron chi connectivity index (χ4n) is 2.10. The van der Waals surface area contributed by atoms with E-state index in [1.54, 1.807) is 0 Å². The molecule has 106 valence electrons. The third kappa shape index (κ3) is 3.83. The van der Waals surface area contributed by atoms with E-state index in [-0.39, 0.29) is 5.82 Å². The van der Waals surface area contributed by atoms with Gasteiger partial charge in [0.1, 0.15) is 18.2 Å². The number of aryl methyl sites for hydroxylation is 1. The summed E-state index contributed by atoms with van der Waals surface area (Å²) in [6, 6.07) is 11.0. The van der Waals surface area contributed by atoms with E-state index in [1.165, 1.54) is 17.7 Å². The third-order valence-electron chi connectivity index (χ3n) is 3.11. The van der Waals surface area contributed by atoms with Gasteiger partial charge in [-0.15, -0.1) is 0 Å². The third-order valence-corrected chi connectivity index (χ3v) is 3.57. The Labute approximate surface area is 127 Å². The smallest absolute Gasteiger partial charge is 0.124 e. The number of hydrogen-bond acceptors (Lipinski definition) is 1. The largest absolute Gasteiger partial charge is 0.489 e. The molecule has 0 aliphatic heterocycles. The van der Waals surface area contributed by atoms with Crippen LogP contribution in [0.2, 0.25) is 0 Å². The van der Waals surface area contributed by atoms with Crippen molar-refractivity contribution in [3.05, 3.63) is 63.4 Å². The first kappa shape index (κ1) is 15.0. The Morgan fingerprint density at radius 3 is 2.55 bits per heavy atom. The fraction of sp³-hybridized carbons (Fsp3) is 0.294. The predicted octanol–water partition coefficient (Wildman–Crippen LogP) is 5.60. The van der Waals surface area contributed by atoms with Crippen LogP contribution in [0.4, 0.5) is 4.39 Å². The minimum atomic E-state index is -0.258. The van der Waals surface area contributed by atoms with Crippen LogP contribution in [-0.2, 0) is 6.61 Å². The van der Waals surface area contributed by atoms with E-state index < -0.39 is 0 Å². The molecule has 0 saturated heterocycles. The summed E-state index contributed by atoms with van der Waals surface area (Å²) in [5, 5.41) is 0. The molecule has 1 nitrogen and oxygen atoms in total. The predicted molar refractivity (Wildman–Crippen MR) is 83.7 cm³/mol. The number of halogens is 2. The van der Waals surface area contributed by atoms with E-state index in [4.69, 9.17) is 4.74 Å². The molecule has 0 amide bonds. The van der Waals surface area contributed by atoms with E-state index in [0.717, 1.165) is 21.3 Å². The highest BCUT2D eigenvalue weighted by Gasteiger charge is 2.09. The van der Waals surface area contributed by atoms with Gasteiger partial charge < -0.3 is 4.74 Å². The van der Waals surface area contributed by atoms with Crippen LogP contribution in [0, 0.1) is 12.7 Å². The van der Waals surface area contributed by atoms with Gasteiger partial charge >= 0.3 is 0 Å². The lowest BCUT2D eigenvalue weighted by molar-refractivity contribution is 0.301. The highest BCUT2D eigenvalue weighted by Crippen LogP contribution is 2.28. The van der Waals surface area contributed by atoms with Crippen molar-refractivity contribution in [1.29, 1.82) is 0 Å². The van der Waals surface area contributed by atoms with Gasteiger partial charge in [-0.05, 0) is 53.8 Å². The molecular formula is C17H18BrFO. The topological polar surface area (TPSA) is 9.23 Å². The summed E-state index contributed by atoms with van der Waals surface area (Å²) >= 11 is 3.29. The van der Waals surface area contributed by atoms with Crippen molar-refractivity contribution in [3.8, 4) is 5.75 Å². The van der Waals surface area contributed by atoms with Crippen molar-refractivity contribution in [2.24, 2.45) is 0 Å². The number of hydrogen-bond donors (Lipinski definition) is 0. The molecule has 0 N–H and O–H groups in total. The number of rotatable bonds is 4. The molecule has 3 heteroatoms. The lowest BCUT2D eigenvalue weighted by Gasteiger charge is -2.15. The molecule has 20 heavy (non-hydrogen) atoms. The molecule has 0 saturated carbocycles. The Bertz CT molecular complexity index is 588. The van der Waals surface area contributed by atoms with Gasteiger partial charge in [0.25, 0.3) is 0 Å². The first-order valence-corrected chi connectivity index (χ1v) is 7.43. The average molecular weight is 337 g/mol. The van der Waals surface area contributed by atoms with E-state index in [0.29, 0.717) is 12.5 Å². The van der Waals surface area contributed by atoms with E-state index in [1.807, 2.05) is 19.1 Å². The summed E-state index contributed by atoms with van der Waals surface area (Å²) in [6.45, 7) is 6.67. The molecule has 0 unspecified atom stereocenters. The Morgan fingerprint density at radius 1 is 1.15 bits per heavy atom. The van der Waals surface area contributed by atoms with Crippen molar-refractivity contribution >= 4 is 15.9 Å². The quantitative estimate of drug-likeness (QED) is 0.706. The first-order chi connectivity index (χ1) is 9.45. The van der Waals surface area contributed by atoms with Crippen molar-refractivity contribution in [2.75, 3.05) is 0 Å². The van der Waals surface area contributed by atoms with Crippen molar-refractivity contribution in [3.63, 3.8) is 0 Å². The molecule has 0 bridgehead atoms. The zero-order chi connectivity index (χ0) is 14.7. The van der Waals surface area contributed by atoms with Crippen LogP contribution in [0.15, 0.2) is 40.9 Å². The average Bonchev–Trinajstić information content (AvgIpc) is 2.35. The van der Waals surface area contributed by atoms with Gasteiger partial charge in [-0.2, -0.15) is 0 Å². The minimum Gasteiger partial charge on any atom is -0.489 e. The molecule has 0 aromatic heterocycles. The van der Waals surface area contributed by atoms with Crippen molar-refractivity contribution < 1.29 is 9.13 Å². The Hall–Kier alpha value is -1.35. The molecule has 0 radical (unpaired) electrons. The van der Waals surface area contributed by atoms with E-state index in [2.05, 4.69) is 41.9 Å². The highest BCUT2D eigenvalue weighted by atomic mass is 79.9. The lowest BCUT2D eigenvalue weighted by Crippen LogP contribution is -2.01. The molecular weight excluding hydrogens is 319 g/mol. The van der Waals surface area contributed by atoms with Gasteiger partial charge in [-0.25, -0.2) is 4.39 Å². The summed E-state index contributed by atoms with van der Waals surface area (Å²) in [6.07, 6.45) is 0. The molecule has 0 spiro atoms. The Balaban J connectivity index is 2.20. The summed E-state index contributed by atoms with van der Waals surface area (Å²) in [4.78, 5) is 0. The van der Waals surface area contributed by atoms with Gasteiger partial charge in [-0.3, -0.25) is 0 Å². The molecule has 0 aliphatic carbocycles. The highest BCUT2D eigenvalue weighted by molar-refractivity contribution is 9.10. The fourth-order valence-corrected chi connectivity index (χ4v) is 2.61. The monoisotopic (exact) mass is 336 g/mol. The molecule has 0 heterocycles. The van der Waals surface area contributed by atoms with Crippen LogP contribution in [0.25, 0.3) is 0 Å². The van der Waals surface area contributed by atoms with Gasteiger partial charge in [0.05, 0.1) is 0 Å². The van der Waals surface area contributed by atoms with Gasteiger partial charge in [0, 0.05) is 4.47 Å². The van der Waals surface area contributed by atoms with Gasteiger partial charge in [0.2, 0.25) is 0 Å². The van der Waals surface area contributed by atoms with E-state index >= 15 is 0 Å². The van der Waals surface area contributed by atoms with Gasteiger partial charge in [-0.1, -0.05) is 41.9 Å². The van der Waals surface area contributed by atoms with Crippen LogP contribution in [0.5, 0.6) is 5.75 Å². The zero-order valence-corrected chi connectivity index (χ0v) is 13.5. The number of benzene rings is 2. The van der Waals surface area contributed by atoms with Crippen LogP contribution in [0.1, 0.15) is 36.5 Å².